The van der Waals surface area contributed by atoms with Gasteiger partial charge in [0.05, 0.1) is 66.8 Å². The molecule has 0 aromatic rings. The highest BCUT2D eigenvalue weighted by molar-refractivity contribution is 6.57. The van der Waals surface area contributed by atoms with Crippen molar-refractivity contribution in [2.75, 3.05) is 66.8 Å². The molecule has 236 valence electrons. The Kier molecular flexibility index (Phi) is 26.7. The first-order chi connectivity index (χ1) is 18.8. The van der Waals surface area contributed by atoms with Crippen molar-refractivity contribution in [1.82, 2.24) is 0 Å². The second-order valence-corrected chi connectivity index (χ2v) is 14.1. The minimum absolute atomic E-state index is 0.0921. The van der Waals surface area contributed by atoms with Crippen LogP contribution < -0.4 is 0 Å². The second kappa shape index (κ2) is 26.8. The number of quaternary nitrogens is 1. The van der Waals surface area contributed by atoms with Gasteiger partial charge in [-0.05, 0) is 12.8 Å². The number of unbranched alkanes of at least 4 members (excludes halogenated alkanes) is 15. The van der Waals surface area contributed by atoms with Crippen molar-refractivity contribution in [2.45, 2.75) is 128 Å². The van der Waals surface area contributed by atoms with Crippen LogP contribution in [-0.4, -0.2) is 106 Å². The van der Waals surface area contributed by atoms with Gasteiger partial charge in [-0.25, -0.2) is 0 Å². The van der Waals surface area contributed by atoms with Gasteiger partial charge >= 0.3 is 8.80 Å². The van der Waals surface area contributed by atoms with E-state index in [1.807, 2.05) is 0 Å². The smallest absolute Gasteiger partial charge is 0.394 e. The fraction of sp³-hybridized carbons (Fsp3) is 1.00. The third-order valence-electron chi connectivity index (χ3n) is 7.40. The third-order valence-corrected chi connectivity index (χ3v) is 9.07. The summed E-state index contributed by atoms with van der Waals surface area (Å²) in [7, 11) is 0.743. The number of rotatable bonds is 31. The molecule has 0 radical (unpaired) electrons. The van der Waals surface area contributed by atoms with Crippen molar-refractivity contribution in [3.63, 3.8) is 0 Å². The van der Waals surface area contributed by atoms with Crippen molar-refractivity contribution in [2.24, 2.45) is 0 Å². The summed E-state index contributed by atoms with van der Waals surface area (Å²) in [6.07, 6.45) is 22.3. The lowest BCUT2D eigenvalue weighted by molar-refractivity contribution is -0.890. The average molecular weight is 581 g/mol. The molecule has 0 aliphatic heterocycles. The summed E-state index contributed by atoms with van der Waals surface area (Å²) in [6, 6.07) is 0.284. The monoisotopic (exact) mass is 580 g/mol. The number of nitrogens with zero attached hydrogens (tertiary/aromatic N) is 1. The van der Waals surface area contributed by atoms with E-state index in [-0.39, 0.29) is 45.7 Å². The number of hydrogen-bond acceptors (Lipinski definition) is 7. The minimum Gasteiger partial charge on any atom is -0.394 e. The summed E-state index contributed by atoms with van der Waals surface area (Å²) in [5.41, 5.74) is 0. The second-order valence-electron chi connectivity index (χ2n) is 11.9. The quantitative estimate of drug-likeness (QED) is 0.0517. The molecule has 0 aliphatic carbocycles. The predicted octanol–water partition coefficient (Wildman–Crippen LogP) is 5.04. The Morgan fingerprint density at radius 2 is 1.13 bits per heavy atom. The zero-order valence-corrected chi connectivity index (χ0v) is 26.9. The van der Waals surface area contributed by atoms with Gasteiger partial charge in [0.2, 0.25) is 0 Å². The lowest BCUT2D eigenvalue weighted by atomic mass is 10.0. The van der Waals surface area contributed by atoms with Gasteiger partial charge in [0.1, 0.15) is 6.10 Å². The molecule has 39 heavy (non-hydrogen) atoms. The van der Waals surface area contributed by atoms with E-state index in [1.165, 1.54) is 103 Å². The van der Waals surface area contributed by atoms with Gasteiger partial charge in [0, 0.05) is 12.5 Å². The van der Waals surface area contributed by atoms with Gasteiger partial charge in [0.15, 0.2) is 0 Å². The van der Waals surface area contributed by atoms with Crippen LogP contribution in [-0.2, 0) is 13.9 Å². The standard InChI is InChI=1S/C30H66NO7Si/c1-4-5-6-7-8-9-10-11-12-13-14-15-16-17-18-19-21-31(2,3)22-20-27-39(34,35)38-26-25-36-29-30(28-33)37-24-23-32/h30,32-35H,4-29H2,1-3H3/q+1. The van der Waals surface area contributed by atoms with Gasteiger partial charge in [-0.3, -0.25) is 0 Å². The van der Waals surface area contributed by atoms with E-state index in [0.29, 0.717) is 6.42 Å². The van der Waals surface area contributed by atoms with Gasteiger partial charge in [-0.2, -0.15) is 0 Å². The Bertz CT molecular complexity index is 512. The molecular formula is C30H66NO7Si+. The SMILES string of the molecule is CCCCCCCCCCCCCCCCCC[N+](C)(C)CCC[Si](O)(O)OCCOCC(CO)OCCO. The molecule has 9 heteroatoms. The Balaban J connectivity index is 3.61. The molecule has 0 amide bonds. The van der Waals surface area contributed by atoms with Crippen molar-refractivity contribution in [3.05, 3.63) is 0 Å². The van der Waals surface area contributed by atoms with Crippen molar-refractivity contribution in [1.29, 1.82) is 0 Å². The van der Waals surface area contributed by atoms with Crippen LogP contribution in [0.4, 0.5) is 0 Å². The maximum absolute atomic E-state index is 10.2. The molecule has 0 aromatic carbocycles. The lowest BCUT2D eigenvalue weighted by Crippen LogP contribution is -2.44. The topological polar surface area (TPSA) is 109 Å². The zero-order valence-electron chi connectivity index (χ0n) is 25.9. The highest BCUT2D eigenvalue weighted by atomic mass is 28.4. The van der Waals surface area contributed by atoms with Crippen LogP contribution in [0.2, 0.25) is 6.04 Å². The summed E-state index contributed by atoms with van der Waals surface area (Å²) >= 11 is 0. The van der Waals surface area contributed by atoms with Crippen molar-refractivity contribution < 1.29 is 38.2 Å². The van der Waals surface area contributed by atoms with Crippen LogP contribution in [0.15, 0.2) is 0 Å². The minimum atomic E-state index is -3.69. The lowest BCUT2D eigenvalue weighted by Gasteiger charge is -2.30. The first-order valence-corrected chi connectivity index (χ1v) is 18.1. The molecule has 0 heterocycles. The molecule has 0 aromatic heterocycles. The maximum Gasteiger partial charge on any atom is 0.495 e. The van der Waals surface area contributed by atoms with E-state index < -0.39 is 14.9 Å². The number of aliphatic hydroxyl groups excluding tert-OH is 2. The van der Waals surface area contributed by atoms with Gasteiger partial charge < -0.3 is 38.2 Å². The molecule has 0 spiro atoms. The zero-order chi connectivity index (χ0) is 29.1. The Hall–Kier alpha value is -0.103. The van der Waals surface area contributed by atoms with Crippen LogP contribution in [0.3, 0.4) is 0 Å². The molecule has 0 aliphatic rings. The van der Waals surface area contributed by atoms with Crippen LogP contribution in [0.1, 0.15) is 116 Å². The summed E-state index contributed by atoms with van der Waals surface area (Å²) in [6.45, 7) is 4.56. The normalized spacial score (nSPS) is 13.3. The Labute approximate surface area is 242 Å². The van der Waals surface area contributed by atoms with Crippen LogP contribution in [0.25, 0.3) is 0 Å². The summed E-state index contributed by atoms with van der Waals surface area (Å²) in [4.78, 5) is 20.4. The molecule has 0 saturated carbocycles. The highest BCUT2D eigenvalue weighted by Crippen LogP contribution is 2.15. The van der Waals surface area contributed by atoms with Crippen molar-refractivity contribution in [3.8, 4) is 0 Å². The van der Waals surface area contributed by atoms with E-state index in [9.17, 15) is 14.7 Å². The van der Waals surface area contributed by atoms with E-state index in [4.69, 9.17) is 19.0 Å². The molecule has 0 fully saturated rings. The maximum atomic E-state index is 10.2. The fourth-order valence-corrected chi connectivity index (χ4v) is 6.03. The number of aliphatic hydroxyl groups is 2. The van der Waals surface area contributed by atoms with Crippen LogP contribution in [0.5, 0.6) is 0 Å². The van der Waals surface area contributed by atoms with E-state index in [2.05, 4.69) is 21.0 Å². The molecule has 8 nitrogen and oxygen atoms in total. The summed E-state index contributed by atoms with van der Waals surface area (Å²) in [5, 5.41) is 17.9. The van der Waals surface area contributed by atoms with Crippen LogP contribution >= 0.6 is 0 Å². The largest absolute Gasteiger partial charge is 0.495 e. The van der Waals surface area contributed by atoms with Gasteiger partial charge in [-0.15, -0.1) is 0 Å². The molecular weight excluding hydrogens is 514 g/mol. The van der Waals surface area contributed by atoms with E-state index >= 15 is 0 Å². The van der Waals surface area contributed by atoms with Crippen LogP contribution in [0, 0.1) is 0 Å². The predicted molar refractivity (Wildman–Crippen MR) is 162 cm³/mol. The summed E-state index contributed by atoms with van der Waals surface area (Å²) < 4.78 is 16.8. The molecule has 0 bridgehead atoms. The number of ether oxygens (including phenoxy) is 2. The number of hydrogen-bond donors (Lipinski definition) is 4. The first kappa shape index (κ1) is 38.9. The molecule has 0 rings (SSSR count). The molecule has 4 N–H and O–H groups in total. The Morgan fingerprint density at radius 1 is 0.641 bits per heavy atom. The highest BCUT2D eigenvalue weighted by Gasteiger charge is 2.32. The van der Waals surface area contributed by atoms with E-state index in [0.717, 1.165) is 17.6 Å². The van der Waals surface area contributed by atoms with Crippen molar-refractivity contribution >= 4 is 8.80 Å². The molecule has 1 unspecified atom stereocenters. The van der Waals surface area contributed by atoms with Gasteiger partial charge in [-0.1, -0.05) is 96.8 Å². The molecule has 1 atom stereocenters. The van der Waals surface area contributed by atoms with Gasteiger partial charge in [0.25, 0.3) is 0 Å². The Morgan fingerprint density at radius 3 is 1.62 bits per heavy atom. The first-order valence-electron chi connectivity index (χ1n) is 16.1. The molecule has 0 saturated heterocycles. The summed E-state index contributed by atoms with van der Waals surface area (Å²) in [5.74, 6) is 0. The third kappa shape index (κ3) is 27.8. The average Bonchev–Trinajstić information content (AvgIpc) is 2.89. The van der Waals surface area contributed by atoms with E-state index in [1.54, 1.807) is 0 Å². The fourth-order valence-electron chi connectivity index (χ4n) is 4.86.